The van der Waals surface area contributed by atoms with Crippen molar-refractivity contribution in [3.8, 4) is 12.1 Å². The van der Waals surface area contributed by atoms with Crippen molar-refractivity contribution < 1.29 is 61.3 Å². The molecule has 0 aromatic carbocycles. The topological polar surface area (TPSA) is 113 Å². The molecule has 0 aliphatic heterocycles. The van der Waals surface area contributed by atoms with E-state index in [0.29, 0.717) is 24.2 Å². The number of aliphatic carboxylic acids is 1. The van der Waals surface area contributed by atoms with Crippen molar-refractivity contribution in [1.82, 2.24) is 9.97 Å². The van der Waals surface area contributed by atoms with Crippen LogP contribution < -0.4 is 56.5 Å². The molecule has 1 heterocycles. The molecular formula is C15H13KN4O2. The van der Waals surface area contributed by atoms with E-state index in [1.807, 2.05) is 32.9 Å². The maximum absolute atomic E-state index is 11.9. The smallest absolute Gasteiger partial charge is 0.549 e. The first-order valence-corrected chi connectivity index (χ1v) is 6.71. The first-order valence-electron chi connectivity index (χ1n) is 6.71. The summed E-state index contributed by atoms with van der Waals surface area (Å²) in [6, 6.07) is 3.69. The van der Waals surface area contributed by atoms with Crippen LogP contribution in [-0.4, -0.2) is 15.9 Å². The van der Waals surface area contributed by atoms with Gasteiger partial charge < -0.3 is 9.90 Å². The quantitative estimate of drug-likeness (QED) is 0.520. The molecule has 0 amide bonds. The first-order chi connectivity index (χ1) is 9.76. The molecule has 3 rings (SSSR count). The summed E-state index contributed by atoms with van der Waals surface area (Å²) >= 11 is 0. The standard InChI is InChI=1S/C15H14N4O2.K/c1-13(2)14(3)4-5-15(13,12(20)21)11-10(14)18-8(6-16)9(7-17)19-11;/h4-5H2,1-3H3,(H,20,21);/q;+1/p-1. The van der Waals surface area contributed by atoms with Crippen LogP contribution in [0.5, 0.6) is 0 Å². The van der Waals surface area contributed by atoms with E-state index in [2.05, 4.69) is 9.97 Å². The molecular weight excluding hydrogens is 307 g/mol. The number of carboxylic acid groups (broad SMARTS) is 1. The number of rotatable bonds is 1. The minimum atomic E-state index is -1.25. The van der Waals surface area contributed by atoms with Crippen molar-refractivity contribution in [1.29, 1.82) is 10.5 Å². The fourth-order valence-corrected chi connectivity index (χ4v) is 4.09. The average Bonchev–Trinajstić information content (AvgIpc) is 2.74. The third-order valence-corrected chi connectivity index (χ3v) is 5.83. The van der Waals surface area contributed by atoms with Crippen molar-refractivity contribution >= 4 is 5.97 Å². The summed E-state index contributed by atoms with van der Waals surface area (Å²) in [7, 11) is 0. The normalized spacial score (nSPS) is 29.9. The number of carbonyl (C=O) groups is 1. The molecule has 2 aliphatic rings. The van der Waals surface area contributed by atoms with Crippen molar-refractivity contribution in [2.24, 2.45) is 5.41 Å². The second-order valence-electron chi connectivity index (χ2n) is 6.49. The SMILES string of the molecule is CC12CCC(C(=O)[O-])(c3nc(C#N)c(C#N)nc31)C2(C)C.[K+]. The Kier molecular flexibility index (Phi) is 4.05. The van der Waals surface area contributed by atoms with Crippen LogP contribution in [0.1, 0.15) is 56.4 Å². The van der Waals surface area contributed by atoms with Gasteiger partial charge in [0.1, 0.15) is 12.1 Å². The Balaban J connectivity index is 0.00000176. The molecule has 2 atom stereocenters. The monoisotopic (exact) mass is 320 g/mol. The van der Waals surface area contributed by atoms with Crippen LogP contribution in [0.2, 0.25) is 0 Å². The van der Waals surface area contributed by atoms with Gasteiger partial charge in [-0.15, -0.1) is 0 Å². The van der Waals surface area contributed by atoms with Crippen LogP contribution in [0, 0.1) is 28.1 Å². The zero-order chi connectivity index (χ0) is 15.6. The number of fused-ring (bicyclic) bond motifs is 5. The van der Waals surface area contributed by atoms with Gasteiger partial charge in [-0.05, 0) is 18.3 Å². The van der Waals surface area contributed by atoms with Gasteiger partial charge in [-0.25, -0.2) is 9.97 Å². The molecule has 7 heteroatoms. The number of nitrogens with zero attached hydrogens (tertiary/aromatic N) is 4. The van der Waals surface area contributed by atoms with Crippen LogP contribution in [0.25, 0.3) is 0 Å². The van der Waals surface area contributed by atoms with Gasteiger partial charge in [-0.1, -0.05) is 20.8 Å². The molecule has 1 aromatic rings. The molecule has 2 aliphatic carbocycles. The Morgan fingerprint density at radius 2 is 1.59 bits per heavy atom. The van der Waals surface area contributed by atoms with Crippen LogP contribution in [0.3, 0.4) is 0 Å². The largest absolute Gasteiger partial charge is 1.00 e. The minimum Gasteiger partial charge on any atom is -0.549 e. The van der Waals surface area contributed by atoms with E-state index in [1.54, 1.807) is 0 Å². The second kappa shape index (κ2) is 5.09. The number of aromatic nitrogens is 2. The van der Waals surface area contributed by atoms with Crippen molar-refractivity contribution in [2.75, 3.05) is 0 Å². The van der Waals surface area contributed by atoms with E-state index >= 15 is 0 Å². The molecule has 0 N–H and O–H groups in total. The third kappa shape index (κ3) is 1.64. The fraction of sp³-hybridized carbons (Fsp3) is 0.533. The minimum absolute atomic E-state index is 0. The summed E-state index contributed by atoms with van der Waals surface area (Å²) in [5.74, 6) is -1.18. The van der Waals surface area contributed by atoms with Gasteiger partial charge in [0, 0.05) is 5.41 Å². The fourth-order valence-electron chi connectivity index (χ4n) is 4.09. The maximum atomic E-state index is 11.9. The predicted octanol–water partition coefficient (Wildman–Crippen LogP) is -2.70. The van der Waals surface area contributed by atoms with Gasteiger partial charge in [0.25, 0.3) is 0 Å². The van der Waals surface area contributed by atoms with Crippen LogP contribution in [0.4, 0.5) is 0 Å². The van der Waals surface area contributed by atoms with Gasteiger partial charge >= 0.3 is 51.4 Å². The number of nitriles is 2. The molecule has 0 spiro atoms. The number of hydrogen-bond acceptors (Lipinski definition) is 6. The number of carbonyl (C=O) groups excluding carboxylic acids is 1. The Labute approximate surface area is 171 Å². The molecule has 2 bridgehead atoms. The van der Waals surface area contributed by atoms with E-state index in [-0.39, 0.29) is 62.8 Å². The van der Waals surface area contributed by atoms with Crippen molar-refractivity contribution in [2.45, 2.75) is 44.4 Å². The summed E-state index contributed by atoms with van der Waals surface area (Å²) in [6.07, 6.45) is 1.06. The number of hydrogen-bond donors (Lipinski definition) is 0. The third-order valence-electron chi connectivity index (χ3n) is 5.83. The van der Waals surface area contributed by atoms with Gasteiger partial charge in [0.05, 0.1) is 22.8 Å². The molecule has 106 valence electrons. The molecule has 1 fully saturated rings. The van der Waals surface area contributed by atoms with E-state index in [9.17, 15) is 9.90 Å². The Morgan fingerprint density at radius 3 is 2.05 bits per heavy atom. The summed E-state index contributed by atoms with van der Waals surface area (Å²) < 4.78 is 0. The van der Waals surface area contributed by atoms with Crippen LogP contribution in [0.15, 0.2) is 0 Å². The summed E-state index contributed by atoms with van der Waals surface area (Å²) in [6.45, 7) is 5.69. The first kappa shape index (κ1) is 17.5. The zero-order valence-corrected chi connectivity index (χ0v) is 16.1. The Morgan fingerprint density at radius 1 is 1.09 bits per heavy atom. The van der Waals surface area contributed by atoms with Gasteiger partial charge in [-0.2, -0.15) is 10.5 Å². The maximum Gasteiger partial charge on any atom is 1.00 e. The average molecular weight is 320 g/mol. The zero-order valence-electron chi connectivity index (χ0n) is 13.0. The molecule has 0 radical (unpaired) electrons. The summed E-state index contributed by atoms with van der Waals surface area (Å²) in [5, 5.41) is 30.1. The van der Waals surface area contributed by atoms with E-state index in [4.69, 9.17) is 10.5 Å². The second-order valence-corrected chi connectivity index (χ2v) is 6.49. The van der Waals surface area contributed by atoms with Crippen LogP contribution in [-0.2, 0) is 15.6 Å². The molecule has 1 saturated carbocycles. The predicted molar refractivity (Wildman–Crippen MR) is 68.5 cm³/mol. The molecule has 1 aromatic heterocycles. The summed E-state index contributed by atoms with van der Waals surface area (Å²) in [4.78, 5) is 20.4. The van der Waals surface area contributed by atoms with Gasteiger partial charge in [-0.3, -0.25) is 0 Å². The molecule has 0 saturated heterocycles. The number of carboxylic acids is 1. The molecule has 6 nitrogen and oxygen atoms in total. The Bertz CT molecular complexity index is 777. The van der Waals surface area contributed by atoms with Crippen molar-refractivity contribution in [3.63, 3.8) is 0 Å². The Hall–Kier alpha value is -0.834. The summed E-state index contributed by atoms with van der Waals surface area (Å²) in [5.41, 5.74) is -1.71. The van der Waals surface area contributed by atoms with Gasteiger partial charge in [0.15, 0.2) is 11.4 Å². The van der Waals surface area contributed by atoms with E-state index in [1.165, 1.54) is 0 Å². The molecule has 2 unspecified atom stereocenters. The van der Waals surface area contributed by atoms with E-state index in [0.717, 1.165) is 0 Å². The van der Waals surface area contributed by atoms with Crippen molar-refractivity contribution in [3.05, 3.63) is 22.8 Å². The molecule has 22 heavy (non-hydrogen) atoms. The van der Waals surface area contributed by atoms with Crippen LogP contribution >= 0.6 is 0 Å². The van der Waals surface area contributed by atoms with E-state index < -0.39 is 22.2 Å². The van der Waals surface area contributed by atoms with Gasteiger partial charge in [0.2, 0.25) is 0 Å².